The van der Waals surface area contributed by atoms with Crippen LogP contribution in [0.15, 0.2) is 76.8 Å². The fraction of sp³-hybridized carbons (Fsp3) is 0.174. The number of carbonyl (C=O) groups is 1. The highest BCUT2D eigenvalue weighted by atomic mass is 32.2. The zero-order chi connectivity index (χ0) is 20.9. The minimum absolute atomic E-state index is 0.0277. The normalized spacial score (nSPS) is 11.0. The topological polar surface area (TPSA) is 46.1 Å². The molecule has 2 heterocycles. The second-order valence-corrected chi connectivity index (χ2v) is 9.46. The first kappa shape index (κ1) is 20.9. The monoisotopic (exact) mass is 451 g/mol. The molecule has 4 aromatic rings. The van der Waals surface area contributed by atoms with Crippen LogP contribution in [-0.2, 0) is 17.8 Å². The van der Waals surface area contributed by atoms with Crippen molar-refractivity contribution in [1.29, 1.82) is 0 Å². The van der Waals surface area contributed by atoms with Crippen molar-refractivity contribution in [2.75, 3.05) is 17.4 Å². The second kappa shape index (κ2) is 9.64. The van der Waals surface area contributed by atoms with Gasteiger partial charge in [-0.3, -0.25) is 14.7 Å². The molecule has 30 heavy (non-hydrogen) atoms. The van der Waals surface area contributed by atoms with Gasteiger partial charge in [0.15, 0.2) is 5.13 Å². The maximum absolute atomic E-state index is 13.3. The quantitative estimate of drug-likeness (QED) is 0.327. The molecule has 4 nitrogen and oxygen atoms in total. The van der Waals surface area contributed by atoms with Crippen molar-refractivity contribution in [1.82, 2.24) is 9.97 Å². The van der Waals surface area contributed by atoms with Gasteiger partial charge in [-0.25, -0.2) is 4.98 Å². The van der Waals surface area contributed by atoms with Gasteiger partial charge in [-0.15, -0.1) is 23.5 Å². The van der Waals surface area contributed by atoms with Crippen molar-refractivity contribution >= 4 is 56.1 Å². The van der Waals surface area contributed by atoms with Crippen LogP contribution in [0.2, 0.25) is 0 Å². The molecule has 7 heteroatoms. The molecule has 0 saturated carbocycles. The molecular formula is C23H21N3OS3. The van der Waals surface area contributed by atoms with Gasteiger partial charge in [-0.05, 0) is 60.0 Å². The molecule has 0 aliphatic carbocycles. The second-order valence-electron chi connectivity index (χ2n) is 6.70. The number of nitrogens with zero attached hydrogens (tertiary/aromatic N) is 3. The highest BCUT2D eigenvalue weighted by Crippen LogP contribution is 2.32. The number of amides is 1. The third-order valence-electron chi connectivity index (χ3n) is 4.69. The molecule has 0 radical (unpaired) electrons. The molecule has 152 valence electrons. The van der Waals surface area contributed by atoms with E-state index in [1.54, 1.807) is 52.2 Å². The molecule has 0 atom stereocenters. The Labute approximate surface area is 188 Å². The molecule has 0 saturated heterocycles. The molecule has 2 aromatic carbocycles. The van der Waals surface area contributed by atoms with E-state index in [0.29, 0.717) is 13.0 Å². The predicted octanol–water partition coefficient (Wildman–Crippen LogP) is 5.91. The Morgan fingerprint density at radius 3 is 2.47 bits per heavy atom. The Bertz CT molecular complexity index is 1140. The maximum atomic E-state index is 13.3. The average molecular weight is 452 g/mol. The fourth-order valence-electron chi connectivity index (χ4n) is 3.09. The number of benzene rings is 2. The lowest BCUT2D eigenvalue weighted by atomic mass is 10.1. The van der Waals surface area contributed by atoms with Gasteiger partial charge >= 0.3 is 0 Å². The highest BCUT2D eigenvalue weighted by molar-refractivity contribution is 7.98. The first-order valence-electron chi connectivity index (χ1n) is 9.43. The Kier molecular flexibility index (Phi) is 6.72. The van der Waals surface area contributed by atoms with Crippen molar-refractivity contribution in [3.63, 3.8) is 0 Å². The molecule has 0 bridgehead atoms. The first-order chi connectivity index (χ1) is 14.7. The van der Waals surface area contributed by atoms with Gasteiger partial charge in [0.1, 0.15) is 0 Å². The van der Waals surface area contributed by atoms with Gasteiger partial charge < -0.3 is 0 Å². The molecule has 1 amide bonds. The third-order valence-corrected chi connectivity index (χ3v) is 7.20. The Hall–Kier alpha value is -2.35. The van der Waals surface area contributed by atoms with Crippen molar-refractivity contribution in [2.24, 2.45) is 0 Å². The summed E-state index contributed by atoms with van der Waals surface area (Å²) in [7, 11) is 0. The van der Waals surface area contributed by atoms with Crippen molar-refractivity contribution in [2.45, 2.75) is 22.8 Å². The number of rotatable bonds is 7. The van der Waals surface area contributed by atoms with E-state index >= 15 is 0 Å². The van der Waals surface area contributed by atoms with Gasteiger partial charge in [-0.1, -0.05) is 29.5 Å². The molecule has 2 aromatic heterocycles. The zero-order valence-corrected chi connectivity index (χ0v) is 19.2. The molecule has 4 rings (SSSR count). The lowest BCUT2D eigenvalue weighted by molar-refractivity contribution is -0.118. The van der Waals surface area contributed by atoms with E-state index in [1.807, 2.05) is 36.6 Å². The molecule has 0 aliphatic rings. The minimum atomic E-state index is 0.0277. The smallest absolute Gasteiger partial charge is 0.233 e. The van der Waals surface area contributed by atoms with Crippen molar-refractivity contribution < 1.29 is 4.79 Å². The van der Waals surface area contributed by atoms with Crippen LogP contribution in [0.3, 0.4) is 0 Å². The van der Waals surface area contributed by atoms with E-state index in [4.69, 9.17) is 4.98 Å². The van der Waals surface area contributed by atoms with Gasteiger partial charge in [0.25, 0.3) is 0 Å². The summed E-state index contributed by atoms with van der Waals surface area (Å²) in [5.74, 6) is 0.0277. The maximum Gasteiger partial charge on any atom is 0.233 e. The Morgan fingerprint density at radius 2 is 1.77 bits per heavy atom. The number of anilines is 1. The summed E-state index contributed by atoms with van der Waals surface area (Å²) in [5, 5.41) is 0.720. The number of carbonyl (C=O) groups excluding carboxylic acids is 1. The number of thioether (sulfide) groups is 2. The molecule has 0 N–H and O–H groups in total. The van der Waals surface area contributed by atoms with Crippen LogP contribution < -0.4 is 4.90 Å². The van der Waals surface area contributed by atoms with Gasteiger partial charge in [-0.2, -0.15) is 0 Å². The molecule has 0 aliphatic heterocycles. The van der Waals surface area contributed by atoms with E-state index in [1.165, 1.54) is 9.79 Å². The largest absolute Gasteiger partial charge is 0.283 e. The number of aromatic nitrogens is 2. The van der Waals surface area contributed by atoms with E-state index in [2.05, 4.69) is 35.5 Å². The van der Waals surface area contributed by atoms with Crippen LogP contribution in [0.25, 0.3) is 10.2 Å². The Balaban J connectivity index is 1.65. The van der Waals surface area contributed by atoms with Gasteiger partial charge in [0.2, 0.25) is 5.91 Å². The SMILES string of the molecule is CSc1ccc(CC(=O)N(Cc2cccnc2)c2nc3ccc(SC)cc3s2)cc1. The standard InChI is InChI=1S/C23H21N3OS3/c1-28-18-7-5-16(6-8-18)12-22(27)26(15-17-4-3-11-24-14-17)23-25-20-10-9-19(29-2)13-21(20)30-23/h3-11,13-14H,12,15H2,1-2H3. The van der Waals surface area contributed by atoms with E-state index in [0.717, 1.165) is 26.5 Å². The summed E-state index contributed by atoms with van der Waals surface area (Å²) in [6, 6.07) is 18.3. The van der Waals surface area contributed by atoms with E-state index in [9.17, 15) is 4.79 Å². The molecule has 0 unspecified atom stereocenters. The van der Waals surface area contributed by atoms with E-state index in [-0.39, 0.29) is 5.91 Å². The van der Waals surface area contributed by atoms with Gasteiger partial charge in [0, 0.05) is 22.2 Å². The lowest BCUT2D eigenvalue weighted by Crippen LogP contribution is -2.31. The summed E-state index contributed by atoms with van der Waals surface area (Å²) >= 11 is 4.95. The van der Waals surface area contributed by atoms with Crippen LogP contribution in [0.5, 0.6) is 0 Å². The average Bonchev–Trinajstić information content (AvgIpc) is 3.21. The summed E-state index contributed by atoms with van der Waals surface area (Å²) in [6.45, 7) is 0.449. The molecular weight excluding hydrogens is 430 g/mol. The van der Waals surface area contributed by atoms with Gasteiger partial charge in [0.05, 0.1) is 23.2 Å². The number of fused-ring (bicyclic) bond motifs is 1. The fourth-order valence-corrected chi connectivity index (χ4v) is 5.03. The van der Waals surface area contributed by atoms with Crippen molar-refractivity contribution in [3.8, 4) is 0 Å². The van der Waals surface area contributed by atoms with Crippen LogP contribution in [0.1, 0.15) is 11.1 Å². The van der Waals surface area contributed by atoms with Crippen LogP contribution in [-0.4, -0.2) is 28.4 Å². The predicted molar refractivity (Wildman–Crippen MR) is 129 cm³/mol. The minimum Gasteiger partial charge on any atom is -0.283 e. The third kappa shape index (κ3) is 4.86. The summed E-state index contributed by atoms with van der Waals surface area (Å²) in [6.07, 6.45) is 7.98. The van der Waals surface area contributed by atoms with E-state index < -0.39 is 0 Å². The lowest BCUT2D eigenvalue weighted by Gasteiger charge is -2.20. The molecule has 0 fully saturated rings. The Morgan fingerprint density at radius 1 is 1.00 bits per heavy atom. The first-order valence-corrected chi connectivity index (χ1v) is 12.7. The number of thiazole rings is 1. The van der Waals surface area contributed by atoms with Crippen LogP contribution in [0.4, 0.5) is 5.13 Å². The number of hydrogen-bond donors (Lipinski definition) is 0. The zero-order valence-electron chi connectivity index (χ0n) is 16.7. The summed E-state index contributed by atoms with van der Waals surface area (Å²) < 4.78 is 1.09. The summed E-state index contributed by atoms with van der Waals surface area (Å²) in [5.41, 5.74) is 2.90. The number of hydrogen-bond acceptors (Lipinski definition) is 6. The van der Waals surface area contributed by atoms with Crippen molar-refractivity contribution in [3.05, 3.63) is 78.1 Å². The van der Waals surface area contributed by atoms with Crippen LogP contribution >= 0.6 is 34.9 Å². The summed E-state index contributed by atoms with van der Waals surface area (Å²) in [4.78, 5) is 26.5. The highest BCUT2D eigenvalue weighted by Gasteiger charge is 2.21. The van der Waals surface area contributed by atoms with Crippen LogP contribution in [0, 0.1) is 0 Å². The molecule has 0 spiro atoms. The number of pyridine rings is 1.